The molecule has 1 atom stereocenters. The third-order valence-electron chi connectivity index (χ3n) is 6.49. The number of hydrogen-bond acceptors (Lipinski definition) is 8. The Balaban J connectivity index is 1.44. The van der Waals surface area contributed by atoms with Crippen molar-refractivity contribution < 1.29 is 32.2 Å². The fourth-order valence-electron chi connectivity index (χ4n) is 4.52. The minimum absolute atomic E-state index is 0.142. The number of hydrogen-bond donors (Lipinski definition) is 2. The van der Waals surface area contributed by atoms with E-state index in [4.69, 9.17) is 14.2 Å². The fourth-order valence-corrected chi connectivity index (χ4v) is 5.36. The average molecular weight is 556 g/mol. The second-order valence-corrected chi connectivity index (χ2v) is 11.2. The number of rotatable bonds is 5. The topological polar surface area (TPSA) is 141 Å². The number of nitrogens with one attached hydrogen (secondary N) is 2. The zero-order valence-electron chi connectivity index (χ0n) is 21.5. The highest BCUT2D eigenvalue weighted by atomic mass is 32.2. The molecule has 13 heteroatoms. The Morgan fingerprint density at radius 3 is 2.90 bits per heavy atom. The van der Waals surface area contributed by atoms with Crippen LogP contribution in [0.4, 0.5) is 0 Å². The van der Waals surface area contributed by atoms with Gasteiger partial charge in [-0.05, 0) is 42.0 Å². The van der Waals surface area contributed by atoms with Gasteiger partial charge in [-0.3, -0.25) is 14.2 Å². The average Bonchev–Trinajstić information content (AvgIpc) is 3.43. The van der Waals surface area contributed by atoms with Crippen LogP contribution in [0.15, 0.2) is 48.8 Å². The molecule has 4 bridgehead atoms. The van der Waals surface area contributed by atoms with Crippen LogP contribution >= 0.6 is 0 Å². The molecule has 39 heavy (non-hydrogen) atoms. The summed E-state index contributed by atoms with van der Waals surface area (Å²) >= 11 is 0. The van der Waals surface area contributed by atoms with E-state index < -0.39 is 16.1 Å². The summed E-state index contributed by atoms with van der Waals surface area (Å²) in [6, 6.07) is 10.6. The van der Waals surface area contributed by atoms with Crippen molar-refractivity contribution in [2.45, 2.75) is 12.6 Å². The van der Waals surface area contributed by atoms with Gasteiger partial charge in [0.2, 0.25) is 10.0 Å². The van der Waals surface area contributed by atoms with Crippen LogP contribution in [0, 0.1) is 0 Å². The van der Waals surface area contributed by atoms with Crippen LogP contribution in [0.3, 0.4) is 0 Å². The molecule has 0 saturated carbocycles. The molecule has 0 radical (unpaired) electrons. The Kier molecular flexibility index (Phi) is 7.55. The smallest absolute Gasteiger partial charge is 0.258 e. The van der Waals surface area contributed by atoms with Crippen molar-refractivity contribution >= 4 is 21.8 Å². The summed E-state index contributed by atoms with van der Waals surface area (Å²) in [7, 11) is -1.82. The molecule has 12 nitrogen and oxygen atoms in total. The maximum Gasteiger partial charge on any atom is 0.258 e. The number of methoxy groups -OCH3 is 1. The molecule has 0 spiro atoms. The van der Waals surface area contributed by atoms with E-state index >= 15 is 0 Å². The molecule has 1 fully saturated rings. The molecule has 2 N–H and O–H groups in total. The minimum atomic E-state index is -3.35. The van der Waals surface area contributed by atoms with E-state index in [0.717, 1.165) is 11.8 Å². The van der Waals surface area contributed by atoms with Gasteiger partial charge in [-0.2, -0.15) is 4.31 Å². The predicted molar refractivity (Wildman–Crippen MR) is 141 cm³/mol. The summed E-state index contributed by atoms with van der Waals surface area (Å²) in [6.07, 6.45) is 4.14. The van der Waals surface area contributed by atoms with Crippen LogP contribution in [0.5, 0.6) is 11.5 Å². The molecular weight excluding hydrogens is 526 g/mol. The SMILES string of the molecule is COc1ccc2cc1OCC(=O)NCc1cc(C(=O)NCC3CN(S(C)(=O)=O)CCO3)cc(c1)-n1ccnc1-2. The maximum absolute atomic E-state index is 13.2. The van der Waals surface area contributed by atoms with E-state index in [1.54, 1.807) is 36.7 Å². The molecule has 3 aromatic rings. The second-order valence-electron chi connectivity index (χ2n) is 9.26. The second kappa shape index (κ2) is 11.0. The third kappa shape index (κ3) is 6.05. The Bertz CT molecular complexity index is 1500. The van der Waals surface area contributed by atoms with E-state index in [1.807, 2.05) is 16.7 Å². The first-order chi connectivity index (χ1) is 18.7. The number of benzene rings is 2. The zero-order chi connectivity index (χ0) is 27.6. The molecule has 2 aliphatic rings. The van der Waals surface area contributed by atoms with Gasteiger partial charge >= 0.3 is 0 Å². The van der Waals surface area contributed by atoms with E-state index in [2.05, 4.69) is 15.6 Å². The monoisotopic (exact) mass is 555 g/mol. The van der Waals surface area contributed by atoms with Crippen molar-refractivity contribution in [3.05, 3.63) is 59.9 Å². The molecular formula is C26H29N5O7S. The lowest BCUT2D eigenvalue weighted by Gasteiger charge is -2.31. The Morgan fingerprint density at radius 2 is 2.10 bits per heavy atom. The number of amides is 2. The normalized spacial score (nSPS) is 17.9. The first-order valence-electron chi connectivity index (χ1n) is 12.3. The van der Waals surface area contributed by atoms with Crippen molar-refractivity contribution in [2.75, 3.05) is 46.2 Å². The molecule has 206 valence electrons. The van der Waals surface area contributed by atoms with Crippen LogP contribution < -0.4 is 20.1 Å². The first kappa shape index (κ1) is 26.7. The Hall–Kier alpha value is -3.94. The Labute approximate surface area is 225 Å². The quantitative estimate of drug-likeness (QED) is 0.474. The van der Waals surface area contributed by atoms with Gasteiger partial charge in [0.05, 0.1) is 26.1 Å². The summed E-state index contributed by atoms with van der Waals surface area (Å²) in [5.74, 6) is 0.818. The largest absolute Gasteiger partial charge is 0.493 e. The molecule has 0 aliphatic carbocycles. The number of nitrogens with zero attached hydrogens (tertiary/aromatic N) is 3. The Morgan fingerprint density at radius 1 is 1.26 bits per heavy atom. The number of sulfonamides is 1. The molecule has 1 aromatic heterocycles. The summed E-state index contributed by atoms with van der Waals surface area (Å²) in [6.45, 7) is 0.809. The molecule has 1 saturated heterocycles. The lowest BCUT2D eigenvalue weighted by atomic mass is 10.1. The van der Waals surface area contributed by atoms with Crippen molar-refractivity contribution in [3.8, 4) is 28.6 Å². The molecule has 2 aromatic carbocycles. The first-order valence-corrected chi connectivity index (χ1v) is 14.2. The van der Waals surface area contributed by atoms with E-state index in [1.165, 1.54) is 11.4 Å². The van der Waals surface area contributed by atoms with Crippen molar-refractivity contribution in [1.82, 2.24) is 24.5 Å². The number of ether oxygens (including phenoxy) is 3. The van der Waals surface area contributed by atoms with E-state index in [-0.39, 0.29) is 51.2 Å². The maximum atomic E-state index is 13.2. The van der Waals surface area contributed by atoms with Gasteiger partial charge in [0.25, 0.3) is 11.8 Å². The highest BCUT2D eigenvalue weighted by Gasteiger charge is 2.27. The fraction of sp³-hybridized carbons (Fsp3) is 0.346. The number of aromatic nitrogens is 2. The van der Waals surface area contributed by atoms with Gasteiger partial charge in [-0.1, -0.05) is 0 Å². The van der Waals surface area contributed by atoms with E-state index in [9.17, 15) is 18.0 Å². The molecule has 3 heterocycles. The van der Waals surface area contributed by atoms with Gasteiger partial charge in [0.1, 0.15) is 5.82 Å². The number of morpholine rings is 1. The van der Waals surface area contributed by atoms with Crippen LogP contribution in [0.1, 0.15) is 15.9 Å². The van der Waals surface area contributed by atoms with Gasteiger partial charge in [-0.15, -0.1) is 0 Å². The van der Waals surface area contributed by atoms with Gasteiger partial charge in [0, 0.05) is 55.4 Å². The van der Waals surface area contributed by atoms with Gasteiger partial charge < -0.3 is 24.8 Å². The zero-order valence-corrected chi connectivity index (χ0v) is 22.4. The van der Waals surface area contributed by atoms with E-state index in [0.29, 0.717) is 34.1 Å². The van der Waals surface area contributed by atoms with Crippen LogP contribution in [0.2, 0.25) is 0 Å². The molecule has 1 unspecified atom stereocenters. The number of carbonyl (C=O) groups is 2. The summed E-state index contributed by atoms with van der Waals surface area (Å²) in [5.41, 5.74) is 2.48. The molecule has 2 amide bonds. The summed E-state index contributed by atoms with van der Waals surface area (Å²) < 4.78 is 43.8. The van der Waals surface area contributed by atoms with Gasteiger partial charge in [-0.25, -0.2) is 13.4 Å². The van der Waals surface area contributed by atoms with Gasteiger partial charge in [0.15, 0.2) is 18.1 Å². The lowest BCUT2D eigenvalue weighted by molar-refractivity contribution is -0.123. The van der Waals surface area contributed by atoms with Crippen LogP contribution in [-0.2, 0) is 26.1 Å². The standard InChI is InChI=1S/C26H29N5O7S/c1-36-22-4-3-18-12-23(22)38-16-24(32)28-13-17-9-19(11-20(10-17)31-6-5-27-25(18)31)26(33)29-14-21-15-30(7-8-37-21)39(2,34)35/h3-6,9-12,21H,7-8,13-16H2,1-2H3,(H,28,32)(H,29,33). The highest BCUT2D eigenvalue weighted by Crippen LogP contribution is 2.33. The summed E-state index contributed by atoms with van der Waals surface area (Å²) in [5, 5.41) is 5.67. The predicted octanol–water partition coefficient (Wildman–Crippen LogP) is 0.947. The third-order valence-corrected chi connectivity index (χ3v) is 7.76. The van der Waals surface area contributed by atoms with Crippen LogP contribution in [0.25, 0.3) is 17.1 Å². The number of fused-ring (bicyclic) bond motifs is 7. The highest BCUT2D eigenvalue weighted by molar-refractivity contribution is 7.88. The van der Waals surface area contributed by atoms with Crippen molar-refractivity contribution in [1.29, 1.82) is 0 Å². The number of carbonyl (C=O) groups excluding carboxylic acids is 2. The van der Waals surface area contributed by atoms with Crippen molar-refractivity contribution in [3.63, 3.8) is 0 Å². The summed E-state index contributed by atoms with van der Waals surface area (Å²) in [4.78, 5) is 30.2. The minimum Gasteiger partial charge on any atom is -0.493 e. The molecule has 2 aliphatic heterocycles. The lowest BCUT2D eigenvalue weighted by Crippen LogP contribution is -2.49. The van der Waals surface area contributed by atoms with Crippen LogP contribution in [-0.4, -0.2) is 86.4 Å². The number of imidazole rings is 1. The molecule has 5 rings (SSSR count). The van der Waals surface area contributed by atoms with Crippen molar-refractivity contribution in [2.24, 2.45) is 0 Å².